The lowest BCUT2D eigenvalue weighted by Crippen LogP contribution is -2.33. The highest BCUT2D eigenvalue weighted by molar-refractivity contribution is 6.42. The van der Waals surface area contributed by atoms with Crippen LogP contribution in [0.3, 0.4) is 0 Å². The Bertz CT molecular complexity index is 1540. The van der Waals surface area contributed by atoms with Crippen LogP contribution in [0.1, 0.15) is 17.2 Å². The summed E-state index contributed by atoms with van der Waals surface area (Å²) in [5.74, 6) is -0.734. The summed E-state index contributed by atoms with van der Waals surface area (Å²) in [6.45, 7) is 0. The Balaban J connectivity index is 1.62. The van der Waals surface area contributed by atoms with E-state index in [0.29, 0.717) is 27.3 Å². The van der Waals surface area contributed by atoms with E-state index < -0.39 is 5.82 Å². The Morgan fingerprint density at radius 1 is 1.03 bits per heavy atom. The van der Waals surface area contributed by atoms with Gasteiger partial charge in [0.05, 0.1) is 49.3 Å². The monoisotopic (exact) mass is 539 g/mol. The lowest BCUT2D eigenvalue weighted by molar-refractivity contribution is 0.583. The zero-order valence-corrected chi connectivity index (χ0v) is 20.6. The van der Waals surface area contributed by atoms with Gasteiger partial charge in [-0.3, -0.25) is 4.98 Å². The fourth-order valence-electron chi connectivity index (χ4n) is 3.89. The van der Waals surface area contributed by atoms with Crippen molar-refractivity contribution in [1.82, 2.24) is 21.4 Å². The van der Waals surface area contributed by atoms with E-state index >= 15 is 0 Å². The summed E-state index contributed by atoms with van der Waals surface area (Å²) in [5, 5.41) is 17.0. The number of nitrogens with zero attached hydrogens (tertiary/aromatic N) is 2. The number of hydrazine groups is 2. The van der Waals surface area contributed by atoms with Crippen LogP contribution < -0.4 is 27.0 Å². The highest BCUT2D eigenvalue weighted by Gasteiger charge is 2.21. The van der Waals surface area contributed by atoms with Crippen molar-refractivity contribution < 1.29 is 4.39 Å². The zero-order valence-electron chi connectivity index (χ0n) is 18.3. The van der Waals surface area contributed by atoms with Gasteiger partial charge in [-0.25, -0.2) is 4.39 Å². The molecule has 4 aromatic rings. The van der Waals surface area contributed by atoms with Crippen molar-refractivity contribution in [1.29, 1.82) is 5.26 Å². The van der Waals surface area contributed by atoms with Crippen LogP contribution in [0.4, 0.5) is 21.5 Å². The summed E-state index contributed by atoms with van der Waals surface area (Å²) in [6.07, 6.45) is 3.19. The summed E-state index contributed by atoms with van der Waals surface area (Å²) in [6, 6.07) is 18.1. The predicted molar refractivity (Wildman–Crippen MR) is 141 cm³/mol. The smallest absolute Gasteiger partial charge is 0.166 e. The highest BCUT2D eigenvalue weighted by atomic mass is 35.5. The van der Waals surface area contributed by atoms with Crippen molar-refractivity contribution in [2.75, 3.05) is 10.6 Å². The molecule has 1 aromatic heterocycles. The number of rotatable bonds is 6. The van der Waals surface area contributed by atoms with Gasteiger partial charge in [-0.2, -0.15) is 10.8 Å². The molecule has 0 radical (unpaired) electrons. The lowest BCUT2D eigenvalue weighted by Gasteiger charge is -2.22. The molecule has 1 aliphatic rings. The average molecular weight is 541 g/mol. The molecule has 0 fully saturated rings. The number of halogens is 4. The van der Waals surface area contributed by atoms with Crippen LogP contribution in [0, 0.1) is 17.1 Å². The lowest BCUT2D eigenvalue weighted by atomic mass is 10.0. The topological polar surface area (TPSA) is 96.8 Å². The molecule has 0 amide bonds. The molecular weight excluding hydrogens is 524 g/mol. The Morgan fingerprint density at radius 3 is 2.56 bits per heavy atom. The fourth-order valence-corrected chi connectivity index (χ4v) is 4.46. The zero-order chi connectivity index (χ0) is 25.2. The van der Waals surface area contributed by atoms with Crippen molar-refractivity contribution in [2.24, 2.45) is 0 Å². The third kappa shape index (κ3) is 4.57. The maximum Gasteiger partial charge on any atom is 0.166 e. The Kier molecular flexibility index (Phi) is 6.72. The van der Waals surface area contributed by atoms with E-state index in [4.69, 9.17) is 34.8 Å². The summed E-state index contributed by atoms with van der Waals surface area (Å²) >= 11 is 18.5. The molecule has 0 saturated carbocycles. The van der Waals surface area contributed by atoms with Crippen molar-refractivity contribution in [2.45, 2.75) is 6.04 Å². The maximum atomic E-state index is 14.8. The number of aromatic nitrogens is 1. The number of pyridine rings is 1. The quantitative estimate of drug-likeness (QED) is 0.177. The van der Waals surface area contributed by atoms with E-state index in [1.165, 1.54) is 18.3 Å². The minimum absolute atomic E-state index is 0.0579. The van der Waals surface area contributed by atoms with Crippen LogP contribution in [0.2, 0.25) is 15.1 Å². The summed E-state index contributed by atoms with van der Waals surface area (Å²) in [5.41, 5.74) is 12.4. The molecule has 0 bridgehead atoms. The molecule has 36 heavy (non-hydrogen) atoms. The largest absolute Gasteiger partial charge is 0.373 e. The molecule has 0 saturated heterocycles. The van der Waals surface area contributed by atoms with Crippen LogP contribution in [0.5, 0.6) is 0 Å². The first-order chi connectivity index (χ1) is 17.5. The number of fused-ring (bicyclic) bond motifs is 1. The van der Waals surface area contributed by atoms with E-state index in [1.54, 1.807) is 12.1 Å². The molecule has 1 atom stereocenters. The van der Waals surface area contributed by atoms with E-state index in [0.717, 1.165) is 11.3 Å². The van der Waals surface area contributed by atoms with Crippen molar-refractivity contribution in [3.05, 3.63) is 105 Å². The van der Waals surface area contributed by atoms with Crippen molar-refractivity contribution >= 4 is 62.8 Å². The van der Waals surface area contributed by atoms with E-state index in [-0.39, 0.29) is 27.3 Å². The number of anilines is 3. The average Bonchev–Trinajstić information content (AvgIpc) is 3.43. The van der Waals surface area contributed by atoms with Crippen LogP contribution in [-0.2, 0) is 0 Å². The van der Waals surface area contributed by atoms with Gasteiger partial charge in [0.25, 0.3) is 0 Å². The van der Waals surface area contributed by atoms with E-state index in [9.17, 15) is 9.65 Å². The molecule has 0 spiro atoms. The second-order valence-electron chi connectivity index (χ2n) is 7.84. The number of nitrogens with one attached hydrogen (secondary N) is 5. The molecule has 0 unspecified atom stereocenters. The van der Waals surface area contributed by atoms with Gasteiger partial charge in [0, 0.05) is 23.5 Å². The molecule has 5 N–H and O–H groups in total. The first-order valence-corrected chi connectivity index (χ1v) is 11.8. The molecule has 3 aromatic carbocycles. The predicted octanol–water partition coefficient (Wildman–Crippen LogP) is 6.56. The number of benzene rings is 3. The first kappa shape index (κ1) is 24.0. The fraction of sp³-hybridized carbons (Fsp3) is 0.0400. The Morgan fingerprint density at radius 2 is 1.83 bits per heavy atom. The second kappa shape index (κ2) is 10.1. The van der Waals surface area contributed by atoms with Crippen LogP contribution in [0.15, 0.2) is 72.7 Å². The van der Waals surface area contributed by atoms with Crippen LogP contribution >= 0.6 is 34.8 Å². The number of hydrogen-bond donors (Lipinski definition) is 5. The summed E-state index contributed by atoms with van der Waals surface area (Å²) in [7, 11) is 0. The van der Waals surface area contributed by atoms with Crippen molar-refractivity contribution in [3.8, 4) is 6.07 Å². The van der Waals surface area contributed by atoms with E-state index in [2.05, 4.69) is 38.1 Å². The molecule has 0 aliphatic carbocycles. The van der Waals surface area contributed by atoms with Gasteiger partial charge in [0.1, 0.15) is 6.07 Å². The van der Waals surface area contributed by atoms with E-state index in [1.807, 2.05) is 36.5 Å². The number of hydrogen-bond acceptors (Lipinski definition) is 7. The van der Waals surface area contributed by atoms with Gasteiger partial charge >= 0.3 is 0 Å². The minimum atomic E-state index is -0.734. The van der Waals surface area contributed by atoms with Gasteiger partial charge in [-0.05, 0) is 29.8 Å². The van der Waals surface area contributed by atoms with Crippen molar-refractivity contribution in [3.63, 3.8) is 0 Å². The van der Waals surface area contributed by atoms with Crippen LogP contribution in [0.25, 0.3) is 10.9 Å². The molecular formula is C25H17Cl3FN7. The normalized spacial score (nSPS) is 13.4. The molecule has 180 valence electrons. The summed E-state index contributed by atoms with van der Waals surface area (Å²) < 4.78 is 14.8. The molecule has 2 heterocycles. The van der Waals surface area contributed by atoms with Gasteiger partial charge in [0.2, 0.25) is 0 Å². The Labute approximate surface area is 220 Å². The second-order valence-corrected chi connectivity index (χ2v) is 9.04. The molecule has 1 aliphatic heterocycles. The minimum Gasteiger partial charge on any atom is -0.373 e. The van der Waals surface area contributed by atoms with Gasteiger partial charge in [0.15, 0.2) is 5.82 Å². The molecule has 5 rings (SSSR count). The van der Waals surface area contributed by atoms with Gasteiger partial charge in [-0.15, -0.1) is 0 Å². The third-order valence-corrected chi connectivity index (χ3v) is 6.67. The first-order valence-electron chi connectivity index (χ1n) is 10.7. The number of nitriles is 1. The third-order valence-electron chi connectivity index (χ3n) is 5.60. The molecule has 11 heteroatoms. The van der Waals surface area contributed by atoms with Crippen LogP contribution in [-0.4, -0.2) is 4.98 Å². The van der Waals surface area contributed by atoms with Gasteiger partial charge < -0.3 is 21.5 Å². The summed E-state index contributed by atoms with van der Waals surface area (Å²) in [4.78, 5) is 4.36. The highest BCUT2D eigenvalue weighted by Crippen LogP contribution is 2.38. The SMILES string of the molecule is N#Cc1cnc2c(Cl)cc(N[C@H](C3=CNNN3)c3ccccc3)cc2c1Nc1ccc(Cl)c(Cl)c1F. The Hall–Kier alpha value is -3.74. The molecule has 7 nitrogen and oxygen atoms in total. The maximum absolute atomic E-state index is 14.8. The standard InChI is InChI=1S/C25H17Cl3FN7/c26-17-6-7-19(22(29)21(17)28)34-23-14(10-30)11-31-25-16(23)8-15(9-18(25)27)33-24(20-12-32-36-35-20)13-4-2-1-3-5-13/h1-9,11-12,24,32-33,35-36H,(H,31,34)/t24-/m0/s1. The van der Waals surface area contributed by atoms with Gasteiger partial charge in [-0.1, -0.05) is 65.1 Å².